The summed E-state index contributed by atoms with van der Waals surface area (Å²) in [5.41, 5.74) is 7.05. The molecule has 0 saturated heterocycles. The maximum absolute atomic E-state index is 14.3. The first-order valence-electron chi connectivity index (χ1n) is 14.5. The predicted molar refractivity (Wildman–Crippen MR) is 172 cm³/mol. The van der Waals surface area contributed by atoms with Crippen LogP contribution < -0.4 is 10.2 Å². The molecule has 0 aliphatic carbocycles. The lowest BCUT2D eigenvalue weighted by Crippen LogP contribution is -2.42. The standard InChI is InChI=1S/C35H38N6O2/c1-24(2)26-14-16-27(17-15-26)34(35(43)36-29-18-20-30(21-19-29)39(4)5)40(22-28-11-7-6-10-25(28)3)33(42)23-41-32-13-9-8-12-31(32)37-38-41/h6-21,24,34H,22-23H2,1-5H3,(H,36,43)/t34-/m0/s1. The number of hydrogen-bond donors (Lipinski definition) is 1. The first kappa shape index (κ1) is 29.5. The van der Waals surface area contributed by atoms with Gasteiger partial charge in [0.1, 0.15) is 18.1 Å². The molecule has 220 valence electrons. The summed E-state index contributed by atoms with van der Waals surface area (Å²) in [6, 6.07) is 30.2. The van der Waals surface area contributed by atoms with Gasteiger partial charge in [-0.05, 0) is 71.5 Å². The summed E-state index contributed by atoms with van der Waals surface area (Å²) in [6.07, 6.45) is 0. The Morgan fingerprint density at radius 2 is 1.49 bits per heavy atom. The predicted octanol–water partition coefficient (Wildman–Crippen LogP) is 6.34. The number of carbonyl (C=O) groups excluding carboxylic acids is 2. The highest BCUT2D eigenvalue weighted by molar-refractivity contribution is 5.98. The van der Waals surface area contributed by atoms with Crippen LogP contribution in [0.5, 0.6) is 0 Å². The van der Waals surface area contributed by atoms with E-state index in [1.54, 1.807) is 9.58 Å². The molecule has 2 amide bonds. The summed E-state index contributed by atoms with van der Waals surface area (Å²) in [7, 11) is 3.94. The average molecular weight is 575 g/mol. The lowest BCUT2D eigenvalue weighted by Gasteiger charge is -2.32. The molecule has 0 unspecified atom stereocenters. The first-order valence-corrected chi connectivity index (χ1v) is 14.5. The minimum Gasteiger partial charge on any atom is -0.378 e. The number of aromatic nitrogens is 3. The second-order valence-corrected chi connectivity index (χ2v) is 11.3. The second kappa shape index (κ2) is 12.9. The Labute approximate surface area is 252 Å². The van der Waals surface area contributed by atoms with Crippen LogP contribution >= 0.6 is 0 Å². The quantitative estimate of drug-likeness (QED) is 0.211. The molecule has 0 fully saturated rings. The van der Waals surface area contributed by atoms with Gasteiger partial charge in [0.05, 0.1) is 5.52 Å². The van der Waals surface area contributed by atoms with Gasteiger partial charge in [-0.25, -0.2) is 4.68 Å². The van der Waals surface area contributed by atoms with Crippen molar-refractivity contribution in [2.24, 2.45) is 0 Å². The van der Waals surface area contributed by atoms with E-state index in [9.17, 15) is 9.59 Å². The third-order valence-electron chi connectivity index (χ3n) is 7.76. The van der Waals surface area contributed by atoms with Crippen molar-refractivity contribution in [2.75, 3.05) is 24.3 Å². The Hall–Kier alpha value is -4.98. The number of rotatable bonds is 10. The smallest absolute Gasteiger partial charge is 0.251 e. The fourth-order valence-electron chi connectivity index (χ4n) is 5.14. The molecule has 8 nitrogen and oxygen atoms in total. The molecule has 5 rings (SSSR count). The highest BCUT2D eigenvalue weighted by atomic mass is 16.2. The SMILES string of the molecule is Cc1ccccc1CN(C(=O)Cn1nnc2ccccc21)[C@H](C(=O)Nc1ccc(N(C)C)cc1)c1ccc(C(C)C)cc1. The molecule has 0 radical (unpaired) electrons. The highest BCUT2D eigenvalue weighted by Crippen LogP contribution is 2.29. The van der Waals surface area contributed by atoms with Crippen LogP contribution in [-0.2, 0) is 22.7 Å². The van der Waals surface area contributed by atoms with E-state index in [2.05, 4.69) is 29.5 Å². The summed E-state index contributed by atoms with van der Waals surface area (Å²) in [5, 5.41) is 11.6. The number of benzene rings is 4. The van der Waals surface area contributed by atoms with Gasteiger partial charge < -0.3 is 15.1 Å². The fourth-order valence-corrected chi connectivity index (χ4v) is 5.14. The van der Waals surface area contributed by atoms with Gasteiger partial charge in [-0.3, -0.25) is 9.59 Å². The van der Waals surface area contributed by atoms with Crippen molar-refractivity contribution in [3.63, 3.8) is 0 Å². The Morgan fingerprint density at radius 1 is 0.837 bits per heavy atom. The molecule has 0 saturated carbocycles. The van der Waals surface area contributed by atoms with Crippen molar-refractivity contribution < 1.29 is 9.59 Å². The number of para-hydroxylation sites is 1. The van der Waals surface area contributed by atoms with Gasteiger partial charge in [-0.1, -0.05) is 79.7 Å². The Bertz CT molecular complexity index is 1710. The van der Waals surface area contributed by atoms with Crippen LogP contribution in [0.3, 0.4) is 0 Å². The Morgan fingerprint density at radius 3 is 2.16 bits per heavy atom. The van der Waals surface area contributed by atoms with Crippen LogP contribution in [0.15, 0.2) is 97.1 Å². The topological polar surface area (TPSA) is 83.4 Å². The van der Waals surface area contributed by atoms with Crippen molar-refractivity contribution in [3.05, 3.63) is 119 Å². The van der Waals surface area contributed by atoms with E-state index in [0.717, 1.165) is 33.5 Å². The van der Waals surface area contributed by atoms with Crippen LogP contribution in [0, 0.1) is 6.92 Å². The number of anilines is 2. The molecule has 8 heteroatoms. The Kier molecular flexibility index (Phi) is 8.85. The van der Waals surface area contributed by atoms with Gasteiger partial charge in [0.25, 0.3) is 5.91 Å². The molecule has 1 heterocycles. The fraction of sp³-hybridized carbons (Fsp3) is 0.257. The van der Waals surface area contributed by atoms with Crippen LogP contribution in [0.2, 0.25) is 0 Å². The molecular formula is C35H38N6O2. The third-order valence-corrected chi connectivity index (χ3v) is 7.76. The molecular weight excluding hydrogens is 536 g/mol. The lowest BCUT2D eigenvalue weighted by atomic mass is 9.97. The Balaban J connectivity index is 1.56. The second-order valence-electron chi connectivity index (χ2n) is 11.3. The molecule has 5 aromatic rings. The van der Waals surface area contributed by atoms with E-state index in [-0.39, 0.29) is 24.9 Å². The zero-order valence-electron chi connectivity index (χ0n) is 25.4. The van der Waals surface area contributed by atoms with Crippen LogP contribution in [-0.4, -0.2) is 45.8 Å². The molecule has 0 spiro atoms. The lowest BCUT2D eigenvalue weighted by molar-refractivity contribution is -0.140. The number of nitrogens with one attached hydrogen (secondary N) is 1. The summed E-state index contributed by atoms with van der Waals surface area (Å²) in [4.78, 5) is 32.2. The van der Waals surface area contributed by atoms with Gasteiger partial charge in [-0.2, -0.15) is 0 Å². The number of nitrogens with zero attached hydrogens (tertiary/aromatic N) is 5. The number of amides is 2. The van der Waals surface area contributed by atoms with E-state index in [0.29, 0.717) is 17.1 Å². The minimum atomic E-state index is -0.892. The summed E-state index contributed by atoms with van der Waals surface area (Å²) < 4.78 is 1.60. The van der Waals surface area contributed by atoms with E-state index in [1.165, 1.54) is 0 Å². The van der Waals surface area contributed by atoms with Gasteiger partial charge >= 0.3 is 0 Å². The molecule has 1 atom stereocenters. The average Bonchev–Trinajstić information content (AvgIpc) is 3.41. The van der Waals surface area contributed by atoms with Crippen molar-refractivity contribution >= 4 is 34.2 Å². The highest BCUT2D eigenvalue weighted by Gasteiger charge is 2.32. The molecule has 0 bridgehead atoms. The van der Waals surface area contributed by atoms with Crippen LogP contribution in [0.1, 0.15) is 48.1 Å². The zero-order chi connectivity index (χ0) is 30.5. The van der Waals surface area contributed by atoms with E-state index >= 15 is 0 Å². The van der Waals surface area contributed by atoms with Crippen LogP contribution in [0.25, 0.3) is 11.0 Å². The molecule has 4 aromatic carbocycles. The van der Waals surface area contributed by atoms with Gasteiger partial charge in [0.2, 0.25) is 5.91 Å². The van der Waals surface area contributed by atoms with Crippen molar-refractivity contribution in [1.82, 2.24) is 19.9 Å². The third kappa shape index (κ3) is 6.75. The normalized spacial score (nSPS) is 11.9. The molecule has 1 N–H and O–H groups in total. The largest absolute Gasteiger partial charge is 0.378 e. The van der Waals surface area contributed by atoms with Crippen LogP contribution in [0.4, 0.5) is 11.4 Å². The summed E-state index contributed by atoms with van der Waals surface area (Å²) >= 11 is 0. The number of aryl methyl sites for hydroxylation is 1. The van der Waals surface area contributed by atoms with Gasteiger partial charge in [0, 0.05) is 32.0 Å². The monoisotopic (exact) mass is 574 g/mol. The van der Waals surface area contributed by atoms with E-state index < -0.39 is 6.04 Å². The number of hydrogen-bond acceptors (Lipinski definition) is 5. The molecule has 1 aromatic heterocycles. The number of fused-ring (bicyclic) bond motifs is 1. The van der Waals surface area contributed by atoms with Crippen molar-refractivity contribution in [3.8, 4) is 0 Å². The summed E-state index contributed by atoms with van der Waals surface area (Å²) in [6.45, 7) is 6.47. The van der Waals surface area contributed by atoms with E-state index in [4.69, 9.17) is 0 Å². The maximum Gasteiger partial charge on any atom is 0.251 e. The zero-order valence-corrected chi connectivity index (χ0v) is 25.4. The minimum absolute atomic E-state index is 0.0578. The maximum atomic E-state index is 14.3. The molecule has 43 heavy (non-hydrogen) atoms. The number of carbonyl (C=O) groups is 2. The van der Waals surface area contributed by atoms with Gasteiger partial charge in [-0.15, -0.1) is 5.10 Å². The molecule has 0 aliphatic heterocycles. The van der Waals surface area contributed by atoms with Crippen molar-refractivity contribution in [1.29, 1.82) is 0 Å². The summed E-state index contributed by atoms with van der Waals surface area (Å²) in [5.74, 6) is -0.197. The van der Waals surface area contributed by atoms with Crippen molar-refractivity contribution in [2.45, 2.75) is 45.8 Å². The molecule has 0 aliphatic rings. The van der Waals surface area contributed by atoms with E-state index in [1.807, 2.05) is 123 Å². The first-order chi connectivity index (χ1) is 20.7. The van der Waals surface area contributed by atoms with Gasteiger partial charge in [0.15, 0.2) is 0 Å².